The van der Waals surface area contributed by atoms with Gasteiger partial charge in [-0.05, 0) is 30.2 Å². The van der Waals surface area contributed by atoms with Gasteiger partial charge in [-0.3, -0.25) is 9.54 Å². The van der Waals surface area contributed by atoms with E-state index < -0.39 is 46.2 Å². The Morgan fingerprint density at radius 2 is 1.91 bits per heavy atom. The number of nitrogens with one attached hydrogen (secondary N) is 1. The number of halogens is 4. The highest BCUT2D eigenvalue weighted by Gasteiger charge is 2.46. The minimum absolute atomic E-state index is 0.0400. The van der Waals surface area contributed by atoms with Gasteiger partial charge in [-0.2, -0.15) is 8.42 Å². The summed E-state index contributed by atoms with van der Waals surface area (Å²) in [6.45, 7) is -0.941. The molecule has 2 N–H and O–H groups in total. The monoisotopic (exact) mass is 493 g/mol. The number of anilines is 1. The first-order valence-electron chi connectivity index (χ1n) is 9.65. The summed E-state index contributed by atoms with van der Waals surface area (Å²) in [5.41, 5.74) is 0.659. The highest BCUT2D eigenvalue weighted by atomic mass is 32.2. The van der Waals surface area contributed by atoms with E-state index in [0.717, 1.165) is 11.1 Å². The summed E-state index contributed by atoms with van der Waals surface area (Å²) in [5, 5.41) is 2.67. The van der Waals surface area contributed by atoms with Gasteiger partial charge in [-0.1, -0.05) is 12.1 Å². The van der Waals surface area contributed by atoms with Crippen LogP contribution < -0.4 is 5.32 Å². The van der Waals surface area contributed by atoms with Crippen LogP contribution in [0.15, 0.2) is 42.7 Å². The summed E-state index contributed by atoms with van der Waals surface area (Å²) in [6, 6.07) is 6.72. The first-order chi connectivity index (χ1) is 15.3. The molecule has 1 aliphatic heterocycles. The van der Waals surface area contributed by atoms with E-state index in [0.29, 0.717) is 11.8 Å². The van der Waals surface area contributed by atoms with Crippen molar-refractivity contribution >= 4 is 21.9 Å². The molecule has 182 valence electrons. The van der Waals surface area contributed by atoms with Crippen molar-refractivity contribution in [2.24, 2.45) is 5.92 Å². The van der Waals surface area contributed by atoms with Gasteiger partial charge < -0.3 is 15.0 Å². The van der Waals surface area contributed by atoms with Crippen molar-refractivity contribution < 1.29 is 40.1 Å². The number of likely N-dealkylation sites (tertiary alicyclic amines) is 1. The maximum atomic E-state index is 14.5. The van der Waals surface area contributed by atoms with E-state index >= 15 is 0 Å². The molecule has 33 heavy (non-hydrogen) atoms. The van der Waals surface area contributed by atoms with Crippen LogP contribution in [0.4, 0.5) is 28.0 Å². The Hall–Kier alpha value is -2.93. The van der Waals surface area contributed by atoms with Crippen molar-refractivity contribution in [3.05, 3.63) is 59.9 Å². The predicted molar refractivity (Wildman–Crippen MR) is 111 cm³/mol. The molecule has 2 heterocycles. The summed E-state index contributed by atoms with van der Waals surface area (Å²) in [4.78, 5) is 16.6. The second-order valence-electron chi connectivity index (χ2n) is 7.32. The van der Waals surface area contributed by atoms with Crippen LogP contribution >= 0.6 is 0 Å². The van der Waals surface area contributed by atoms with Crippen molar-refractivity contribution in [2.45, 2.75) is 19.0 Å². The minimum atomic E-state index is -3.67. The van der Waals surface area contributed by atoms with Gasteiger partial charge in [0, 0.05) is 25.2 Å². The third-order valence-corrected chi connectivity index (χ3v) is 4.59. The number of aromatic nitrogens is 1. The molecule has 8 nitrogen and oxygen atoms in total. The fourth-order valence-corrected chi connectivity index (χ4v) is 2.96. The Balaban J connectivity index is 0.000000696. The smallest absolute Gasteiger partial charge is 0.410 e. The van der Waals surface area contributed by atoms with E-state index in [4.69, 9.17) is 9.29 Å². The highest BCUT2D eigenvalue weighted by molar-refractivity contribution is 7.85. The SMILES string of the molecule is CS(=O)(=O)O.O=C(OCc1ccc(F)cc1)N1CCC(CNc2ccncc2F)C(F)(F)C1. The van der Waals surface area contributed by atoms with Gasteiger partial charge in [0.25, 0.3) is 16.0 Å². The molecule has 0 aliphatic carbocycles. The van der Waals surface area contributed by atoms with Crippen LogP contribution in [0.1, 0.15) is 12.0 Å². The Labute approximate surface area is 188 Å². The van der Waals surface area contributed by atoms with Gasteiger partial charge in [-0.25, -0.2) is 22.4 Å². The Morgan fingerprint density at radius 3 is 2.48 bits per heavy atom. The van der Waals surface area contributed by atoms with Gasteiger partial charge >= 0.3 is 6.09 Å². The number of carbonyl (C=O) groups excluding carboxylic acids is 1. The number of benzene rings is 1. The number of ether oxygens (including phenoxy) is 1. The summed E-state index contributed by atoms with van der Waals surface area (Å²) in [7, 11) is -3.67. The van der Waals surface area contributed by atoms with Crippen molar-refractivity contribution in [1.29, 1.82) is 0 Å². The minimum Gasteiger partial charge on any atom is -0.445 e. The standard InChI is InChI=1S/C19H19F4N3O2.CH4O3S/c20-15-3-1-13(2-4-15)11-28-18(27)26-8-6-14(19(22,23)12-26)9-25-17-5-7-24-10-16(17)21;1-5(2,3)4/h1-5,7,10,14H,6,8-9,11-12H2,(H,24,25);1H3,(H,2,3,4). The van der Waals surface area contributed by atoms with Crippen LogP contribution in [0.2, 0.25) is 0 Å². The van der Waals surface area contributed by atoms with Crippen molar-refractivity contribution in [3.63, 3.8) is 0 Å². The second-order valence-corrected chi connectivity index (χ2v) is 8.78. The first-order valence-corrected chi connectivity index (χ1v) is 11.5. The molecule has 13 heteroatoms. The second kappa shape index (κ2) is 11.3. The molecule has 0 saturated carbocycles. The summed E-state index contributed by atoms with van der Waals surface area (Å²) in [5.74, 6) is -5.24. The fraction of sp³-hybridized carbons (Fsp3) is 0.400. The zero-order valence-corrected chi connectivity index (χ0v) is 18.4. The zero-order chi connectivity index (χ0) is 24.6. The number of amides is 1. The van der Waals surface area contributed by atoms with Gasteiger partial charge in [0.05, 0.1) is 24.7 Å². The number of hydrogen-bond acceptors (Lipinski definition) is 6. The normalized spacial score (nSPS) is 17.5. The Morgan fingerprint density at radius 1 is 1.27 bits per heavy atom. The van der Waals surface area contributed by atoms with Crippen LogP contribution in [0.25, 0.3) is 0 Å². The number of rotatable bonds is 5. The third kappa shape index (κ3) is 9.22. The van der Waals surface area contributed by atoms with Crippen LogP contribution in [0, 0.1) is 17.6 Å². The maximum Gasteiger partial charge on any atom is 0.410 e. The van der Waals surface area contributed by atoms with Crippen LogP contribution in [0.5, 0.6) is 0 Å². The zero-order valence-electron chi connectivity index (χ0n) is 17.5. The predicted octanol–water partition coefficient (Wildman–Crippen LogP) is 3.57. The van der Waals surface area contributed by atoms with Crippen molar-refractivity contribution in [3.8, 4) is 0 Å². The number of pyridine rings is 1. The fourth-order valence-electron chi connectivity index (χ4n) is 2.96. The van der Waals surface area contributed by atoms with Gasteiger partial charge in [0.1, 0.15) is 12.4 Å². The molecule has 2 aromatic rings. The molecule has 1 aromatic carbocycles. The topological polar surface area (TPSA) is 109 Å². The summed E-state index contributed by atoms with van der Waals surface area (Å²) < 4.78 is 86.2. The highest BCUT2D eigenvalue weighted by Crippen LogP contribution is 2.33. The lowest BCUT2D eigenvalue weighted by Gasteiger charge is -2.37. The largest absolute Gasteiger partial charge is 0.445 e. The Kier molecular flexibility index (Phi) is 8.99. The lowest BCUT2D eigenvalue weighted by Crippen LogP contribution is -2.52. The number of nitrogens with zero attached hydrogens (tertiary/aromatic N) is 2. The molecule has 1 fully saturated rings. The van der Waals surface area contributed by atoms with Crippen LogP contribution in [0.3, 0.4) is 0 Å². The third-order valence-electron chi connectivity index (χ3n) is 4.59. The molecule has 0 bridgehead atoms. The van der Waals surface area contributed by atoms with Gasteiger partial charge in [0.2, 0.25) is 0 Å². The van der Waals surface area contributed by atoms with Gasteiger partial charge in [-0.15, -0.1) is 0 Å². The van der Waals surface area contributed by atoms with E-state index in [2.05, 4.69) is 10.3 Å². The Bertz CT molecular complexity index is 1030. The number of alkyl halides is 2. The van der Waals surface area contributed by atoms with E-state index in [1.807, 2.05) is 0 Å². The van der Waals surface area contributed by atoms with E-state index in [1.54, 1.807) is 0 Å². The molecule has 3 rings (SSSR count). The molecule has 1 aliphatic rings. The average Bonchev–Trinajstić information content (AvgIpc) is 2.71. The number of piperidine rings is 1. The average molecular weight is 493 g/mol. The first kappa shape index (κ1) is 26.3. The molecule has 1 amide bonds. The molecule has 1 unspecified atom stereocenters. The quantitative estimate of drug-likeness (QED) is 0.484. The maximum absolute atomic E-state index is 14.5. The van der Waals surface area contributed by atoms with E-state index in [9.17, 15) is 30.8 Å². The molecular weight excluding hydrogens is 470 g/mol. The lowest BCUT2D eigenvalue weighted by molar-refractivity contribution is -0.101. The van der Waals surface area contributed by atoms with E-state index in [1.165, 1.54) is 36.5 Å². The number of hydrogen-bond donors (Lipinski definition) is 2. The molecule has 1 atom stereocenters. The molecular formula is C20H23F4N3O5S. The summed E-state index contributed by atoms with van der Waals surface area (Å²) >= 11 is 0. The van der Waals surface area contributed by atoms with Crippen molar-refractivity contribution in [2.75, 3.05) is 31.2 Å². The van der Waals surface area contributed by atoms with Gasteiger partial charge in [0.15, 0.2) is 5.82 Å². The van der Waals surface area contributed by atoms with E-state index in [-0.39, 0.29) is 31.8 Å². The molecule has 1 saturated heterocycles. The molecule has 0 spiro atoms. The number of carbonyl (C=O) groups is 1. The van der Waals surface area contributed by atoms with Crippen LogP contribution in [-0.2, 0) is 21.5 Å². The van der Waals surface area contributed by atoms with Crippen LogP contribution in [-0.4, -0.2) is 60.8 Å². The lowest BCUT2D eigenvalue weighted by atomic mass is 9.93. The molecule has 1 aromatic heterocycles. The summed E-state index contributed by atoms with van der Waals surface area (Å²) in [6.07, 6.45) is 2.27. The van der Waals surface area contributed by atoms with Crippen molar-refractivity contribution in [1.82, 2.24) is 9.88 Å². The molecule has 0 radical (unpaired) electrons.